The van der Waals surface area contributed by atoms with Crippen LogP contribution in [0.25, 0.3) is 5.57 Å². The van der Waals surface area contributed by atoms with Gasteiger partial charge in [-0.1, -0.05) is 49.4 Å². The maximum Gasteiger partial charge on any atom is 0.274 e. The molecule has 2 atom stereocenters. The summed E-state index contributed by atoms with van der Waals surface area (Å²) in [6.45, 7) is 5.37. The summed E-state index contributed by atoms with van der Waals surface area (Å²) in [7, 11) is -4.16. The Morgan fingerprint density at radius 3 is 2.47 bits per heavy atom. The quantitative estimate of drug-likeness (QED) is 0.845. The molecule has 0 aliphatic heterocycles. The van der Waals surface area contributed by atoms with Crippen molar-refractivity contribution in [1.29, 1.82) is 0 Å². The summed E-state index contributed by atoms with van der Waals surface area (Å²) >= 11 is 0. The van der Waals surface area contributed by atoms with Gasteiger partial charge in [0.15, 0.2) is 0 Å². The molecule has 0 heterocycles. The van der Waals surface area contributed by atoms with Gasteiger partial charge < -0.3 is 0 Å². The van der Waals surface area contributed by atoms with Crippen LogP contribution in [-0.2, 0) is 10.1 Å². The lowest BCUT2D eigenvalue weighted by atomic mass is 9.79. The van der Waals surface area contributed by atoms with E-state index in [1.807, 2.05) is 44.2 Å². The molecule has 19 heavy (non-hydrogen) atoms. The Labute approximate surface area is 114 Å². The summed E-state index contributed by atoms with van der Waals surface area (Å²) in [6, 6.07) is 7.84. The van der Waals surface area contributed by atoms with Crippen LogP contribution in [0, 0.1) is 12.8 Å². The van der Waals surface area contributed by atoms with E-state index < -0.39 is 14.9 Å². The van der Waals surface area contributed by atoms with Gasteiger partial charge in [0.1, 0.15) is 4.75 Å². The molecule has 4 heteroatoms. The molecule has 2 unspecified atom stereocenters. The Balaban J connectivity index is 2.55. The average Bonchev–Trinajstić information content (AvgIpc) is 2.32. The third-order valence-electron chi connectivity index (χ3n) is 4.04. The molecule has 102 valence electrons. The second-order valence-electron chi connectivity index (χ2n) is 5.18. The van der Waals surface area contributed by atoms with Crippen LogP contribution in [0.1, 0.15) is 25.0 Å². The summed E-state index contributed by atoms with van der Waals surface area (Å²) in [4.78, 5) is 0. The molecule has 1 aromatic carbocycles. The van der Waals surface area contributed by atoms with Crippen molar-refractivity contribution >= 4 is 15.7 Å². The number of hydrogen-bond acceptors (Lipinski definition) is 2. The van der Waals surface area contributed by atoms with Gasteiger partial charge in [-0.3, -0.25) is 4.55 Å². The van der Waals surface area contributed by atoms with E-state index in [-0.39, 0.29) is 5.92 Å². The van der Waals surface area contributed by atoms with Gasteiger partial charge in [-0.15, -0.1) is 0 Å². The smallest absolute Gasteiger partial charge is 0.274 e. The third kappa shape index (κ3) is 2.26. The first kappa shape index (κ1) is 14.0. The molecule has 1 N–H and O–H groups in total. The minimum absolute atomic E-state index is 0.311. The summed E-state index contributed by atoms with van der Waals surface area (Å²) in [5.41, 5.74) is 3.04. The highest BCUT2D eigenvalue weighted by Crippen LogP contribution is 2.40. The van der Waals surface area contributed by atoms with Crippen molar-refractivity contribution < 1.29 is 13.0 Å². The predicted molar refractivity (Wildman–Crippen MR) is 77.4 cm³/mol. The average molecular weight is 278 g/mol. The van der Waals surface area contributed by atoms with Crippen molar-refractivity contribution in [3.8, 4) is 0 Å². The zero-order valence-electron chi connectivity index (χ0n) is 11.3. The zero-order chi connectivity index (χ0) is 14.3. The Kier molecular flexibility index (Phi) is 3.41. The highest BCUT2D eigenvalue weighted by molar-refractivity contribution is 7.87. The fourth-order valence-corrected chi connectivity index (χ4v) is 3.29. The molecular formula is C15H18O3S. The molecule has 1 aliphatic rings. The highest BCUT2D eigenvalue weighted by Gasteiger charge is 2.44. The molecule has 0 saturated heterocycles. The molecule has 3 nitrogen and oxygen atoms in total. The first-order chi connectivity index (χ1) is 8.77. The maximum atomic E-state index is 11.7. The van der Waals surface area contributed by atoms with Crippen LogP contribution in [-0.4, -0.2) is 17.7 Å². The number of hydrogen-bond donors (Lipinski definition) is 1. The van der Waals surface area contributed by atoms with E-state index in [1.165, 1.54) is 0 Å². The van der Waals surface area contributed by atoms with Crippen LogP contribution in [0.5, 0.6) is 0 Å². The van der Waals surface area contributed by atoms with Crippen molar-refractivity contribution in [3.63, 3.8) is 0 Å². The molecule has 1 aromatic rings. The molecule has 0 spiro atoms. The minimum Gasteiger partial charge on any atom is -0.285 e. The number of allylic oxidation sites excluding steroid dienone is 3. The summed E-state index contributed by atoms with van der Waals surface area (Å²) in [5.74, 6) is -0.311. The first-order valence-corrected chi connectivity index (χ1v) is 7.64. The van der Waals surface area contributed by atoms with E-state index in [9.17, 15) is 13.0 Å². The number of aryl methyl sites for hydroxylation is 1. The van der Waals surface area contributed by atoms with E-state index in [0.29, 0.717) is 0 Å². The van der Waals surface area contributed by atoms with Crippen LogP contribution in [0.15, 0.2) is 42.5 Å². The van der Waals surface area contributed by atoms with Crippen molar-refractivity contribution in [2.75, 3.05) is 0 Å². The molecule has 0 fully saturated rings. The third-order valence-corrected chi connectivity index (χ3v) is 5.64. The van der Waals surface area contributed by atoms with Crippen LogP contribution in [0.2, 0.25) is 0 Å². The number of rotatable bonds is 2. The molecule has 0 aromatic heterocycles. The SMILES string of the molecule is Cc1ccccc1C1=CC=CC(C)(S(=O)(=O)O)C1C. The van der Waals surface area contributed by atoms with Gasteiger partial charge in [-0.25, -0.2) is 0 Å². The topological polar surface area (TPSA) is 54.4 Å². The number of benzene rings is 1. The molecule has 2 rings (SSSR count). The molecule has 0 radical (unpaired) electrons. The van der Waals surface area contributed by atoms with Crippen molar-refractivity contribution in [2.24, 2.45) is 5.92 Å². The highest BCUT2D eigenvalue weighted by atomic mass is 32.2. The van der Waals surface area contributed by atoms with Crippen LogP contribution in [0.3, 0.4) is 0 Å². The summed E-state index contributed by atoms with van der Waals surface area (Å²) in [6.07, 6.45) is 5.17. The first-order valence-electron chi connectivity index (χ1n) is 6.20. The van der Waals surface area contributed by atoms with Gasteiger partial charge in [0, 0.05) is 5.92 Å². The Morgan fingerprint density at radius 2 is 1.89 bits per heavy atom. The summed E-state index contributed by atoms with van der Waals surface area (Å²) in [5, 5.41) is 0. The van der Waals surface area contributed by atoms with Gasteiger partial charge in [-0.05, 0) is 30.5 Å². The van der Waals surface area contributed by atoms with Crippen LogP contribution >= 0.6 is 0 Å². The monoisotopic (exact) mass is 278 g/mol. The second-order valence-corrected chi connectivity index (χ2v) is 7.01. The van der Waals surface area contributed by atoms with Crippen LogP contribution < -0.4 is 0 Å². The lowest BCUT2D eigenvalue weighted by Crippen LogP contribution is -2.41. The van der Waals surface area contributed by atoms with Gasteiger partial charge in [0.25, 0.3) is 10.1 Å². The molecule has 0 bridgehead atoms. The Bertz CT molecular complexity index is 656. The van der Waals surface area contributed by atoms with Crippen molar-refractivity contribution in [1.82, 2.24) is 0 Å². The Morgan fingerprint density at radius 1 is 1.26 bits per heavy atom. The van der Waals surface area contributed by atoms with E-state index in [1.54, 1.807) is 19.1 Å². The van der Waals surface area contributed by atoms with Crippen LogP contribution in [0.4, 0.5) is 0 Å². The minimum atomic E-state index is -4.16. The second kappa shape index (κ2) is 4.62. The van der Waals surface area contributed by atoms with E-state index in [2.05, 4.69) is 0 Å². The fraction of sp³-hybridized carbons (Fsp3) is 0.333. The summed E-state index contributed by atoms with van der Waals surface area (Å²) < 4.78 is 31.5. The Hall–Kier alpha value is -1.39. The van der Waals surface area contributed by atoms with E-state index in [0.717, 1.165) is 16.7 Å². The largest absolute Gasteiger partial charge is 0.285 e. The molecular weight excluding hydrogens is 260 g/mol. The normalized spacial score (nSPS) is 27.2. The van der Waals surface area contributed by atoms with Gasteiger partial charge in [0.05, 0.1) is 0 Å². The molecule has 1 aliphatic carbocycles. The van der Waals surface area contributed by atoms with Gasteiger partial charge in [-0.2, -0.15) is 8.42 Å². The standard InChI is InChI=1S/C15H18O3S/c1-11-7-4-5-8-13(11)14-9-6-10-15(3,12(14)2)19(16,17)18/h4-10,12H,1-3H3,(H,16,17,18). The van der Waals surface area contributed by atoms with Gasteiger partial charge in [0.2, 0.25) is 0 Å². The maximum absolute atomic E-state index is 11.7. The van der Waals surface area contributed by atoms with E-state index >= 15 is 0 Å². The molecule has 0 amide bonds. The van der Waals surface area contributed by atoms with Crippen molar-refractivity contribution in [3.05, 3.63) is 53.6 Å². The van der Waals surface area contributed by atoms with Gasteiger partial charge >= 0.3 is 0 Å². The zero-order valence-corrected chi connectivity index (χ0v) is 12.1. The van der Waals surface area contributed by atoms with E-state index in [4.69, 9.17) is 0 Å². The molecule has 0 saturated carbocycles. The van der Waals surface area contributed by atoms with Crippen molar-refractivity contribution in [2.45, 2.75) is 25.5 Å². The predicted octanol–water partition coefficient (Wildman–Crippen LogP) is 3.23. The fourth-order valence-electron chi connectivity index (χ4n) is 2.47. The lowest BCUT2D eigenvalue weighted by molar-refractivity contribution is 0.430. The lowest BCUT2D eigenvalue weighted by Gasteiger charge is -2.34.